The molecule has 0 aromatic heterocycles. The number of ketones is 2. The van der Waals surface area contributed by atoms with Gasteiger partial charge in [0.05, 0.1) is 6.10 Å². The fourth-order valence-electron chi connectivity index (χ4n) is 7.52. The summed E-state index contributed by atoms with van der Waals surface area (Å²) in [5.74, 6) is -0.364. The van der Waals surface area contributed by atoms with Crippen molar-refractivity contribution in [1.29, 1.82) is 0 Å². The third kappa shape index (κ3) is 2.94. The molecule has 30 heavy (non-hydrogen) atoms. The van der Waals surface area contributed by atoms with Crippen LogP contribution in [0, 0.1) is 28.6 Å². The van der Waals surface area contributed by atoms with Gasteiger partial charge < -0.3 is 14.9 Å². The summed E-state index contributed by atoms with van der Waals surface area (Å²) in [6.07, 6.45) is 5.73. The van der Waals surface area contributed by atoms with E-state index in [-0.39, 0.29) is 35.4 Å². The van der Waals surface area contributed by atoms with Crippen molar-refractivity contribution < 1.29 is 29.3 Å². The predicted molar refractivity (Wildman–Crippen MR) is 109 cm³/mol. The van der Waals surface area contributed by atoms with Gasteiger partial charge in [0.1, 0.15) is 5.60 Å². The molecule has 0 amide bonds. The molecule has 0 aliphatic heterocycles. The predicted octanol–water partition coefficient (Wildman–Crippen LogP) is 2.74. The maximum Gasteiger partial charge on any atom is 0.305 e. The topological polar surface area (TPSA) is 101 Å². The first kappa shape index (κ1) is 21.7. The van der Waals surface area contributed by atoms with Crippen LogP contribution >= 0.6 is 0 Å². The molecule has 6 heteroatoms. The number of rotatable bonds is 4. The smallest absolute Gasteiger partial charge is 0.305 e. The van der Waals surface area contributed by atoms with E-state index in [1.165, 1.54) is 5.57 Å². The number of carbonyl (C=O) groups is 3. The lowest BCUT2D eigenvalue weighted by molar-refractivity contribution is -0.184. The van der Waals surface area contributed by atoms with Gasteiger partial charge in [-0.25, -0.2) is 0 Å². The van der Waals surface area contributed by atoms with E-state index < -0.39 is 35.5 Å². The Balaban J connectivity index is 1.62. The molecule has 3 fully saturated rings. The van der Waals surface area contributed by atoms with Gasteiger partial charge in [-0.1, -0.05) is 26.3 Å². The lowest BCUT2D eigenvalue weighted by Crippen LogP contribution is -2.62. The maximum absolute atomic E-state index is 13.0. The number of aliphatic hydroxyl groups is 2. The van der Waals surface area contributed by atoms with E-state index >= 15 is 0 Å². The lowest BCUT2D eigenvalue weighted by Gasteiger charge is -2.60. The molecule has 3 saturated carbocycles. The summed E-state index contributed by atoms with van der Waals surface area (Å²) < 4.78 is 5.04. The first-order valence-electron chi connectivity index (χ1n) is 11.4. The standard InChI is InChI=1S/C24H34O6/c1-4-20(28)30-13-19(27)24(29)10-8-17-16-6-5-14-11-15(25)7-9-22(14,2)21(16)18(26)12-23(17,24)3/h11,16-18,21,26,29H,4-10,12-13H2,1-3H3/t16-,17-,18+,21+,22-,23-,24+/m0/s1. The summed E-state index contributed by atoms with van der Waals surface area (Å²) in [6, 6.07) is 0. The first-order valence-corrected chi connectivity index (χ1v) is 11.4. The Hall–Kier alpha value is -1.53. The second-order valence-corrected chi connectivity index (χ2v) is 10.4. The molecule has 0 saturated heterocycles. The fraction of sp³-hybridized carbons (Fsp3) is 0.792. The van der Waals surface area contributed by atoms with Crippen LogP contribution in [0.25, 0.3) is 0 Å². The number of ether oxygens (including phenoxy) is 1. The SMILES string of the molecule is CCC(=O)OCC(=O)[C@]1(O)CC[C@H]2[C@@H]3CCC4=CC(=O)CC[C@]4(C)[C@H]3[C@H](O)C[C@@]21C. The zero-order chi connectivity index (χ0) is 21.9. The Bertz CT molecular complexity index is 802. The van der Waals surface area contributed by atoms with Gasteiger partial charge in [-0.15, -0.1) is 0 Å². The molecule has 0 spiro atoms. The summed E-state index contributed by atoms with van der Waals surface area (Å²) in [6.45, 7) is 5.37. The minimum absolute atomic E-state index is 0.0408. The summed E-state index contributed by atoms with van der Waals surface area (Å²) >= 11 is 0. The quantitative estimate of drug-likeness (QED) is 0.681. The Morgan fingerprint density at radius 3 is 2.63 bits per heavy atom. The summed E-state index contributed by atoms with van der Waals surface area (Å²) in [5, 5.41) is 22.9. The van der Waals surface area contributed by atoms with Crippen molar-refractivity contribution in [2.75, 3.05) is 6.61 Å². The highest BCUT2D eigenvalue weighted by Crippen LogP contribution is 2.67. The van der Waals surface area contributed by atoms with E-state index in [4.69, 9.17) is 4.74 Å². The van der Waals surface area contributed by atoms with Gasteiger partial charge in [-0.2, -0.15) is 0 Å². The van der Waals surface area contributed by atoms with Crippen molar-refractivity contribution in [2.24, 2.45) is 28.6 Å². The molecular weight excluding hydrogens is 384 g/mol. The summed E-state index contributed by atoms with van der Waals surface area (Å²) in [4.78, 5) is 36.5. The zero-order valence-corrected chi connectivity index (χ0v) is 18.3. The number of hydrogen-bond donors (Lipinski definition) is 2. The average Bonchev–Trinajstić information content (AvgIpc) is 2.97. The van der Waals surface area contributed by atoms with Crippen molar-refractivity contribution in [3.05, 3.63) is 11.6 Å². The number of fused-ring (bicyclic) bond motifs is 5. The van der Waals surface area contributed by atoms with Crippen LogP contribution in [0.2, 0.25) is 0 Å². The number of Topliss-reactive ketones (excluding diaryl/α,β-unsaturated/α-hetero) is 1. The molecule has 7 atom stereocenters. The summed E-state index contributed by atoms with van der Waals surface area (Å²) in [7, 11) is 0. The van der Waals surface area contributed by atoms with Crippen molar-refractivity contribution in [2.45, 2.75) is 83.8 Å². The molecule has 4 rings (SSSR count). The fourth-order valence-corrected chi connectivity index (χ4v) is 7.52. The number of hydrogen-bond acceptors (Lipinski definition) is 6. The third-order valence-electron chi connectivity index (χ3n) is 9.16. The van der Waals surface area contributed by atoms with E-state index in [0.717, 1.165) is 25.7 Å². The number of allylic oxidation sites excluding steroid dienone is 1. The van der Waals surface area contributed by atoms with Gasteiger partial charge in [-0.05, 0) is 67.8 Å². The Labute approximate surface area is 178 Å². The second-order valence-electron chi connectivity index (χ2n) is 10.4. The number of carbonyl (C=O) groups excluding carboxylic acids is 3. The molecule has 0 bridgehead atoms. The van der Waals surface area contributed by atoms with Gasteiger partial charge in [0.25, 0.3) is 0 Å². The summed E-state index contributed by atoms with van der Waals surface area (Å²) in [5.41, 5.74) is -1.36. The second kappa shape index (κ2) is 7.27. The molecule has 0 aromatic carbocycles. The van der Waals surface area contributed by atoms with E-state index in [0.29, 0.717) is 19.3 Å². The highest BCUT2D eigenvalue weighted by Gasteiger charge is 2.68. The van der Waals surface area contributed by atoms with Crippen LogP contribution in [0.15, 0.2) is 11.6 Å². The molecule has 4 aliphatic carbocycles. The van der Waals surface area contributed by atoms with Crippen LogP contribution < -0.4 is 0 Å². The average molecular weight is 419 g/mol. The van der Waals surface area contributed by atoms with Crippen LogP contribution in [0.3, 0.4) is 0 Å². The van der Waals surface area contributed by atoms with E-state index in [1.54, 1.807) is 13.0 Å². The molecule has 0 unspecified atom stereocenters. The monoisotopic (exact) mass is 418 g/mol. The highest BCUT2D eigenvalue weighted by atomic mass is 16.5. The third-order valence-corrected chi connectivity index (χ3v) is 9.16. The Kier molecular flexibility index (Phi) is 5.25. The molecule has 0 aromatic rings. The molecule has 6 nitrogen and oxygen atoms in total. The molecule has 4 aliphatic rings. The first-order chi connectivity index (χ1) is 14.1. The van der Waals surface area contributed by atoms with Crippen molar-refractivity contribution in [3.63, 3.8) is 0 Å². The highest BCUT2D eigenvalue weighted by molar-refractivity contribution is 5.92. The number of esters is 1. The van der Waals surface area contributed by atoms with Gasteiger partial charge in [0, 0.05) is 18.3 Å². The zero-order valence-electron chi connectivity index (χ0n) is 18.3. The van der Waals surface area contributed by atoms with Gasteiger partial charge in [-0.3, -0.25) is 14.4 Å². The van der Waals surface area contributed by atoms with Crippen molar-refractivity contribution in [1.82, 2.24) is 0 Å². The molecule has 0 radical (unpaired) electrons. The van der Waals surface area contributed by atoms with Crippen molar-refractivity contribution >= 4 is 17.5 Å². The van der Waals surface area contributed by atoms with Crippen LogP contribution in [0.4, 0.5) is 0 Å². The Morgan fingerprint density at radius 2 is 1.93 bits per heavy atom. The minimum atomic E-state index is -1.59. The van der Waals surface area contributed by atoms with E-state index in [1.807, 2.05) is 6.92 Å². The molecule has 0 heterocycles. The lowest BCUT2D eigenvalue weighted by atomic mass is 9.45. The maximum atomic E-state index is 13.0. The van der Waals surface area contributed by atoms with Gasteiger partial charge >= 0.3 is 5.97 Å². The van der Waals surface area contributed by atoms with Crippen molar-refractivity contribution in [3.8, 4) is 0 Å². The normalized spacial score (nSPS) is 45.1. The van der Waals surface area contributed by atoms with Gasteiger partial charge in [0.15, 0.2) is 12.4 Å². The van der Waals surface area contributed by atoms with Crippen LogP contribution in [-0.4, -0.2) is 46.1 Å². The van der Waals surface area contributed by atoms with Gasteiger partial charge in [0.2, 0.25) is 5.78 Å². The Morgan fingerprint density at radius 1 is 1.20 bits per heavy atom. The molecule has 166 valence electrons. The van der Waals surface area contributed by atoms with E-state index in [9.17, 15) is 24.6 Å². The largest absolute Gasteiger partial charge is 0.458 e. The molecule has 2 N–H and O–H groups in total. The van der Waals surface area contributed by atoms with Crippen LogP contribution in [0.1, 0.15) is 72.1 Å². The van der Waals surface area contributed by atoms with E-state index in [2.05, 4.69) is 6.92 Å². The molecular formula is C24H34O6. The number of aliphatic hydroxyl groups excluding tert-OH is 1. The minimum Gasteiger partial charge on any atom is -0.458 e. The van der Waals surface area contributed by atoms with Crippen LogP contribution in [-0.2, 0) is 19.1 Å². The van der Waals surface area contributed by atoms with Crippen LogP contribution in [0.5, 0.6) is 0 Å².